The van der Waals surface area contributed by atoms with Gasteiger partial charge in [0.05, 0.1) is 6.10 Å². The molecule has 1 fully saturated rings. The SMILES string of the molecule is CNC(CCC1CCCO1)c1cc2c(cc1Br)OCCO2. The Labute approximate surface area is 134 Å². The average Bonchev–Trinajstić information content (AvgIpc) is 3.01. The number of ether oxygens (including phenoxy) is 3. The van der Waals surface area contributed by atoms with Crippen molar-refractivity contribution >= 4 is 15.9 Å². The van der Waals surface area contributed by atoms with Gasteiger partial charge in [0, 0.05) is 17.1 Å². The van der Waals surface area contributed by atoms with Gasteiger partial charge in [0.1, 0.15) is 13.2 Å². The van der Waals surface area contributed by atoms with Crippen LogP contribution < -0.4 is 14.8 Å². The molecule has 0 amide bonds. The molecule has 116 valence electrons. The second-order valence-corrected chi connectivity index (χ2v) is 6.43. The molecule has 5 heteroatoms. The van der Waals surface area contributed by atoms with Crippen molar-refractivity contribution in [1.82, 2.24) is 5.32 Å². The molecule has 2 aliphatic rings. The van der Waals surface area contributed by atoms with Crippen LogP contribution in [0.1, 0.15) is 37.3 Å². The van der Waals surface area contributed by atoms with Gasteiger partial charge in [-0.05, 0) is 50.4 Å². The number of fused-ring (bicyclic) bond motifs is 1. The third-order valence-corrected chi connectivity index (χ3v) is 4.87. The number of nitrogens with one attached hydrogen (secondary N) is 1. The van der Waals surface area contributed by atoms with Crippen molar-refractivity contribution in [2.24, 2.45) is 0 Å². The van der Waals surface area contributed by atoms with E-state index in [4.69, 9.17) is 14.2 Å². The van der Waals surface area contributed by atoms with Crippen LogP contribution in [-0.4, -0.2) is 33.0 Å². The van der Waals surface area contributed by atoms with E-state index in [9.17, 15) is 0 Å². The summed E-state index contributed by atoms with van der Waals surface area (Å²) >= 11 is 3.66. The summed E-state index contributed by atoms with van der Waals surface area (Å²) in [7, 11) is 2.00. The van der Waals surface area contributed by atoms with Crippen molar-refractivity contribution in [3.05, 3.63) is 22.2 Å². The molecule has 2 heterocycles. The van der Waals surface area contributed by atoms with Crippen molar-refractivity contribution in [2.45, 2.75) is 37.8 Å². The zero-order valence-electron chi connectivity index (χ0n) is 12.4. The summed E-state index contributed by atoms with van der Waals surface area (Å²) in [6, 6.07) is 4.40. The minimum Gasteiger partial charge on any atom is -0.486 e. The largest absolute Gasteiger partial charge is 0.486 e. The van der Waals surface area contributed by atoms with Crippen LogP contribution in [0.3, 0.4) is 0 Å². The van der Waals surface area contributed by atoms with Gasteiger partial charge in [0.2, 0.25) is 0 Å². The number of rotatable bonds is 5. The molecule has 0 saturated carbocycles. The summed E-state index contributed by atoms with van der Waals surface area (Å²) in [4.78, 5) is 0. The summed E-state index contributed by atoms with van der Waals surface area (Å²) < 4.78 is 18.1. The van der Waals surface area contributed by atoms with E-state index in [1.54, 1.807) is 0 Å². The number of halogens is 1. The fourth-order valence-electron chi connectivity index (χ4n) is 3.03. The van der Waals surface area contributed by atoms with Gasteiger partial charge < -0.3 is 19.5 Å². The molecule has 1 N–H and O–H groups in total. The van der Waals surface area contributed by atoms with Crippen molar-refractivity contribution < 1.29 is 14.2 Å². The summed E-state index contributed by atoms with van der Waals surface area (Å²) in [6.07, 6.45) is 4.96. The standard InChI is InChI=1S/C16H22BrNO3/c1-18-14(5-4-11-3-2-6-19-11)12-9-15-16(10-13(12)17)21-8-7-20-15/h9-11,14,18H,2-8H2,1H3. The Balaban J connectivity index is 1.72. The maximum Gasteiger partial charge on any atom is 0.162 e. The molecule has 2 atom stereocenters. The average molecular weight is 356 g/mol. The molecule has 0 spiro atoms. The van der Waals surface area contributed by atoms with Gasteiger partial charge >= 0.3 is 0 Å². The van der Waals surface area contributed by atoms with E-state index < -0.39 is 0 Å². The molecule has 0 bridgehead atoms. The van der Waals surface area contributed by atoms with Crippen LogP contribution >= 0.6 is 15.9 Å². The first-order valence-electron chi connectivity index (χ1n) is 7.66. The molecule has 1 saturated heterocycles. The van der Waals surface area contributed by atoms with E-state index in [2.05, 4.69) is 27.3 Å². The summed E-state index contributed by atoms with van der Waals surface area (Å²) in [5.74, 6) is 1.67. The van der Waals surface area contributed by atoms with E-state index >= 15 is 0 Å². The summed E-state index contributed by atoms with van der Waals surface area (Å²) in [5.41, 5.74) is 1.22. The Morgan fingerprint density at radius 3 is 2.67 bits per heavy atom. The molecule has 0 radical (unpaired) electrons. The smallest absolute Gasteiger partial charge is 0.162 e. The van der Waals surface area contributed by atoms with Gasteiger partial charge in [0.25, 0.3) is 0 Å². The number of hydrogen-bond donors (Lipinski definition) is 1. The number of hydrogen-bond acceptors (Lipinski definition) is 4. The van der Waals surface area contributed by atoms with Gasteiger partial charge in [-0.1, -0.05) is 15.9 Å². The lowest BCUT2D eigenvalue weighted by molar-refractivity contribution is 0.0998. The van der Waals surface area contributed by atoms with Crippen LogP contribution in [-0.2, 0) is 4.74 Å². The second kappa shape index (κ2) is 6.99. The molecule has 1 aromatic rings. The van der Waals surface area contributed by atoms with Crippen LogP contribution in [0.15, 0.2) is 16.6 Å². The first kappa shape index (κ1) is 15.1. The van der Waals surface area contributed by atoms with Crippen molar-refractivity contribution in [3.63, 3.8) is 0 Å². The van der Waals surface area contributed by atoms with Crippen molar-refractivity contribution in [2.75, 3.05) is 26.9 Å². The molecule has 2 unspecified atom stereocenters. The van der Waals surface area contributed by atoms with E-state index in [0.29, 0.717) is 25.4 Å². The third kappa shape index (κ3) is 3.52. The fraction of sp³-hybridized carbons (Fsp3) is 0.625. The zero-order chi connectivity index (χ0) is 14.7. The van der Waals surface area contributed by atoms with Crippen LogP contribution in [0.2, 0.25) is 0 Å². The highest BCUT2D eigenvalue weighted by Gasteiger charge is 2.22. The van der Waals surface area contributed by atoms with Crippen LogP contribution in [0.5, 0.6) is 11.5 Å². The predicted octanol–water partition coefficient (Wildman–Crippen LogP) is 3.44. The molecule has 2 aliphatic heterocycles. The highest BCUT2D eigenvalue weighted by molar-refractivity contribution is 9.10. The molecule has 3 rings (SSSR count). The van der Waals surface area contributed by atoms with E-state index in [-0.39, 0.29) is 0 Å². The maximum absolute atomic E-state index is 5.72. The van der Waals surface area contributed by atoms with Gasteiger partial charge in [-0.3, -0.25) is 0 Å². The lowest BCUT2D eigenvalue weighted by atomic mass is 9.99. The normalized spacial score (nSPS) is 22.3. The molecule has 4 nitrogen and oxygen atoms in total. The molecule has 21 heavy (non-hydrogen) atoms. The lowest BCUT2D eigenvalue weighted by Gasteiger charge is -2.24. The molecule has 1 aromatic carbocycles. The molecular weight excluding hydrogens is 334 g/mol. The molecule has 0 aromatic heterocycles. The Bertz CT molecular complexity index is 489. The van der Waals surface area contributed by atoms with E-state index in [0.717, 1.165) is 35.4 Å². The Morgan fingerprint density at radius 1 is 1.24 bits per heavy atom. The monoisotopic (exact) mass is 355 g/mol. The van der Waals surface area contributed by atoms with Crippen molar-refractivity contribution in [3.8, 4) is 11.5 Å². The Morgan fingerprint density at radius 2 is 2.00 bits per heavy atom. The van der Waals surface area contributed by atoms with E-state index in [1.165, 1.54) is 18.4 Å². The minimum atomic E-state index is 0.291. The topological polar surface area (TPSA) is 39.7 Å². The Kier molecular flexibility index (Phi) is 5.03. The number of benzene rings is 1. The van der Waals surface area contributed by atoms with Gasteiger partial charge in [-0.15, -0.1) is 0 Å². The van der Waals surface area contributed by atoms with Gasteiger partial charge in [-0.25, -0.2) is 0 Å². The lowest BCUT2D eigenvalue weighted by Crippen LogP contribution is -2.20. The van der Waals surface area contributed by atoms with Crippen LogP contribution in [0.4, 0.5) is 0 Å². The minimum absolute atomic E-state index is 0.291. The summed E-state index contributed by atoms with van der Waals surface area (Å²) in [6.45, 7) is 2.16. The highest BCUT2D eigenvalue weighted by Crippen LogP contribution is 2.39. The second-order valence-electron chi connectivity index (χ2n) is 5.57. The molecular formula is C16H22BrNO3. The third-order valence-electron chi connectivity index (χ3n) is 4.19. The quantitative estimate of drug-likeness (QED) is 0.877. The highest BCUT2D eigenvalue weighted by atomic mass is 79.9. The molecule has 0 aliphatic carbocycles. The van der Waals surface area contributed by atoms with E-state index in [1.807, 2.05) is 13.1 Å². The predicted molar refractivity (Wildman–Crippen MR) is 85.1 cm³/mol. The fourth-order valence-corrected chi connectivity index (χ4v) is 3.63. The first-order valence-corrected chi connectivity index (χ1v) is 8.45. The van der Waals surface area contributed by atoms with Gasteiger partial charge in [0.15, 0.2) is 11.5 Å². The van der Waals surface area contributed by atoms with Crippen molar-refractivity contribution in [1.29, 1.82) is 0 Å². The van der Waals surface area contributed by atoms with Crippen LogP contribution in [0.25, 0.3) is 0 Å². The van der Waals surface area contributed by atoms with Gasteiger partial charge in [-0.2, -0.15) is 0 Å². The van der Waals surface area contributed by atoms with Crippen LogP contribution in [0, 0.1) is 0 Å². The first-order chi connectivity index (χ1) is 10.3. The zero-order valence-corrected chi connectivity index (χ0v) is 13.9. The Hall–Kier alpha value is -0.780. The summed E-state index contributed by atoms with van der Waals surface area (Å²) in [5, 5.41) is 3.41. The maximum atomic E-state index is 5.72.